The van der Waals surface area contributed by atoms with Gasteiger partial charge in [0.15, 0.2) is 11.5 Å². The number of benzene rings is 1. The average molecular weight is 494 g/mol. The van der Waals surface area contributed by atoms with Gasteiger partial charge in [0, 0.05) is 42.1 Å². The van der Waals surface area contributed by atoms with Crippen LogP contribution in [-0.4, -0.2) is 60.4 Å². The number of aromatic amines is 2. The zero-order valence-corrected chi connectivity index (χ0v) is 20.9. The Kier molecular flexibility index (Phi) is 5.35. The standard InChI is InChI=1S/C26H27N3O7/c1-12-11-29(19-10-17(31)22-15(26(12,19)3)9-20(28-22)36-13(2)30)25(32)16-7-14-8-18(33-4)23(34-5)24(35-6)21(14)27-16/h7-10,12,27-28H,11H2,1-6H3/t12-,26-/m1/s1. The highest BCUT2D eigenvalue weighted by atomic mass is 16.5. The Bertz CT molecular complexity index is 1460. The molecule has 3 heterocycles. The van der Waals surface area contributed by atoms with Crippen LogP contribution in [0.15, 0.2) is 30.0 Å². The third-order valence-electron chi connectivity index (χ3n) is 7.28. The van der Waals surface area contributed by atoms with Crippen LogP contribution in [0, 0.1) is 5.92 Å². The predicted octanol–water partition coefficient (Wildman–Crippen LogP) is 3.58. The Morgan fingerprint density at radius 3 is 2.42 bits per heavy atom. The smallest absolute Gasteiger partial charge is 0.309 e. The van der Waals surface area contributed by atoms with Crippen LogP contribution in [0.5, 0.6) is 23.1 Å². The fraction of sp³-hybridized carbons (Fsp3) is 0.346. The van der Waals surface area contributed by atoms with Crippen LogP contribution in [0.2, 0.25) is 0 Å². The second-order valence-electron chi connectivity index (χ2n) is 9.22. The van der Waals surface area contributed by atoms with Gasteiger partial charge in [0.2, 0.25) is 17.4 Å². The number of nitrogens with zero attached hydrogens (tertiary/aromatic N) is 1. The van der Waals surface area contributed by atoms with E-state index in [1.807, 2.05) is 13.8 Å². The molecule has 2 aliphatic rings. The maximum Gasteiger partial charge on any atom is 0.309 e. The van der Waals surface area contributed by atoms with Crippen molar-refractivity contribution in [2.75, 3.05) is 27.9 Å². The number of aromatic nitrogens is 2. The van der Waals surface area contributed by atoms with Crippen molar-refractivity contribution in [1.29, 1.82) is 0 Å². The molecule has 1 aliphatic carbocycles. The highest BCUT2D eigenvalue weighted by Gasteiger charge is 2.52. The summed E-state index contributed by atoms with van der Waals surface area (Å²) >= 11 is 0. The Morgan fingerprint density at radius 1 is 1.06 bits per heavy atom. The molecule has 2 atom stereocenters. The summed E-state index contributed by atoms with van der Waals surface area (Å²) in [6, 6.07) is 5.18. The number of likely N-dealkylation sites (tertiary alicyclic amines) is 1. The number of esters is 1. The van der Waals surface area contributed by atoms with Crippen LogP contribution >= 0.6 is 0 Å². The van der Waals surface area contributed by atoms with Gasteiger partial charge in [-0.3, -0.25) is 14.4 Å². The Morgan fingerprint density at radius 2 is 1.78 bits per heavy atom. The lowest BCUT2D eigenvalue weighted by molar-refractivity contribution is -0.132. The van der Waals surface area contributed by atoms with Crippen LogP contribution in [-0.2, 0) is 10.2 Å². The molecule has 188 valence electrons. The number of ether oxygens (including phenoxy) is 4. The van der Waals surface area contributed by atoms with E-state index in [1.165, 1.54) is 34.3 Å². The van der Waals surface area contributed by atoms with E-state index < -0.39 is 11.4 Å². The van der Waals surface area contributed by atoms with Gasteiger partial charge in [-0.2, -0.15) is 0 Å². The summed E-state index contributed by atoms with van der Waals surface area (Å²) in [6.45, 7) is 5.73. The fourth-order valence-electron chi connectivity index (χ4n) is 5.36. The molecule has 5 rings (SSSR count). The summed E-state index contributed by atoms with van der Waals surface area (Å²) < 4.78 is 21.6. The van der Waals surface area contributed by atoms with Gasteiger partial charge >= 0.3 is 5.97 Å². The highest BCUT2D eigenvalue weighted by molar-refractivity contribution is 6.09. The van der Waals surface area contributed by atoms with Crippen LogP contribution in [0.3, 0.4) is 0 Å². The van der Waals surface area contributed by atoms with Gasteiger partial charge < -0.3 is 33.8 Å². The monoisotopic (exact) mass is 493 g/mol. The van der Waals surface area contributed by atoms with E-state index in [4.69, 9.17) is 18.9 Å². The molecule has 10 nitrogen and oxygen atoms in total. The van der Waals surface area contributed by atoms with Crippen molar-refractivity contribution < 1.29 is 33.3 Å². The quantitative estimate of drug-likeness (QED) is 0.521. The van der Waals surface area contributed by atoms with Crippen molar-refractivity contribution in [2.24, 2.45) is 5.92 Å². The Balaban J connectivity index is 1.57. The minimum atomic E-state index is -0.635. The van der Waals surface area contributed by atoms with Crippen LogP contribution in [0.25, 0.3) is 10.9 Å². The van der Waals surface area contributed by atoms with Crippen LogP contribution in [0.1, 0.15) is 47.3 Å². The molecular weight excluding hydrogens is 466 g/mol. The van der Waals surface area contributed by atoms with Gasteiger partial charge in [0.1, 0.15) is 5.69 Å². The highest BCUT2D eigenvalue weighted by Crippen LogP contribution is 2.51. The van der Waals surface area contributed by atoms with Gasteiger partial charge in [-0.15, -0.1) is 0 Å². The van der Waals surface area contributed by atoms with Gasteiger partial charge in [-0.05, 0) is 30.5 Å². The van der Waals surface area contributed by atoms with E-state index in [-0.39, 0.29) is 23.5 Å². The third kappa shape index (κ3) is 3.20. The number of nitrogens with one attached hydrogen (secondary N) is 2. The van der Waals surface area contributed by atoms with E-state index in [0.29, 0.717) is 52.0 Å². The summed E-state index contributed by atoms with van der Waals surface area (Å²) in [4.78, 5) is 46.0. The first-order chi connectivity index (χ1) is 17.1. The van der Waals surface area contributed by atoms with Crippen LogP contribution in [0.4, 0.5) is 0 Å². The number of rotatable bonds is 5. The lowest BCUT2D eigenvalue weighted by Crippen LogP contribution is -2.35. The molecule has 1 aliphatic heterocycles. The van der Waals surface area contributed by atoms with Crippen molar-refractivity contribution >= 4 is 28.6 Å². The molecule has 1 fully saturated rings. The van der Waals surface area contributed by atoms with E-state index >= 15 is 0 Å². The molecule has 2 aromatic heterocycles. The largest absolute Gasteiger partial charge is 0.493 e. The summed E-state index contributed by atoms with van der Waals surface area (Å²) in [6.07, 6.45) is 1.49. The first kappa shape index (κ1) is 23.5. The van der Waals surface area contributed by atoms with Gasteiger partial charge in [0.25, 0.3) is 5.91 Å². The summed E-state index contributed by atoms with van der Waals surface area (Å²) in [5, 5.41) is 0.718. The van der Waals surface area contributed by atoms with E-state index in [1.54, 1.807) is 23.1 Å². The van der Waals surface area contributed by atoms with Crippen molar-refractivity contribution in [3.63, 3.8) is 0 Å². The second-order valence-corrected chi connectivity index (χ2v) is 9.22. The molecule has 0 bridgehead atoms. The van der Waals surface area contributed by atoms with Gasteiger partial charge in [0.05, 0.1) is 32.5 Å². The lowest BCUT2D eigenvalue weighted by atomic mass is 9.70. The number of hydrogen-bond acceptors (Lipinski definition) is 7. The molecule has 36 heavy (non-hydrogen) atoms. The van der Waals surface area contributed by atoms with Gasteiger partial charge in [-0.1, -0.05) is 6.92 Å². The Labute approximate surface area is 207 Å². The zero-order chi connectivity index (χ0) is 25.9. The topological polar surface area (TPSA) is 123 Å². The predicted molar refractivity (Wildman–Crippen MR) is 130 cm³/mol. The summed E-state index contributed by atoms with van der Waals surface area (Å²) in [5.41, 5.74) is 1.98. The maximum absolute atomic E-state index is 13.8. The van der Waals surface area contributed by atoms with E-state index in [9.17, 15) is 14.4 Å². The number of methoxy groups -OCH3 is 3. The second kappa shape index (κ2) is 8.18. The maximum atomic E-state index is 13.8. The number of amides is 1. The minimum Gasteiger partial charge on any atom is -0.493 e. The first-order valence-corrected chi connectivity index (χ1v) is 11.5. The van der Waals surface area contributed by atoms with Gasteiger partial charge in [-0.25, -0.2) is 0 Å². The van der Waals surface area contributed by atoms with E-state index in [0.717, 1.165) is 5.39 Å². The lowest BCUT2D eigenvalue weighted by Gasteiger charge is -2.33. The number of fused-ring (bicyclic) bond motifs is 4. The van der Waals surface area contributed by atoms with E-state index in [2.05, 4.69) is 9.97 Å². The molecule has 0 unspecified atom stereocenters. The zero-order valence-electron chi connectivity index (χ0n) is 20.9. The number of H-pyrrole nitrogens is 2. The number of ketones is 1. The molecular formula is C26H27N3O7. The van der Waals surface area contributed by atoms with Crippen LogP contribution < -0.4 is 18.9 Å². The molecule has 1 amide bonds. The average Bonchev–Trinajstić information content (AvgIpc) is 3.53. The molecule has 1 saturated heterocycles. The normalized spacial score (nSPS) is 20.6. The molecule has 0 saturated carbocycles. The molecule has 10 heteroatoms. The number of hydrogen-bond donors (Lipinski definition) is 2. The van der Waals surface area contributed by atoms with Crippen molar-refractivity contribution in [2.45, 2.75) is 26.2 Å². The fourth-order valence-corrected chi connectivity index (χ4v) is 5.36. The van der Waals surface area contributed by atoms with Crippen molar-refractivity contribution in [3.05, 3.63) is 46.9 Å². The minimum absolute atomic E-state index is 0.0142. The third-order valence-corrected chi connectivity index (χ3v) is 7.28. The molecule has 0 radical (unpaired) electrons. The Hall–Kier alpha value is -4.21. The molecule has 0 spiro atoms. The first-order valence-electron chi connectivity index (χ1n) is 11.5. The summed E-state index contributed by atoms with van der Waals surface area (Å²) in [5.74, 6) is 0.464. The number of allylic oxidation sites excluding steroid dienone is 2. The van der Waals surface area contributed by atoms with Crippen molar-refractivity contribution in [3.8, 4) is 23.1 Å². The number of carbonyl (C=O) groups excluding carboxylic acids is 3. The van der Waals surface area contributed by atoms with Crippen molar-refractivity contribution in [1.82, 2.24) is 14.9 Å². The molecule has 2 N–H and O–H groups in total. The number of carbonyl (C=O) groups is 3. The SMILES string of the molecule is COc1cc2cc(C(=O)N3C[C@@H](C)[C@@]4(C)C3=CC(=O)c3[nH]c(OC(C)=O)cc34)[nH]c2c(OC)c1OC. The molecule has 1 aromatic carbocycles. The molecule has 3 aromatic rings. The summed E-state index contributed by atoms with van der Waals surface area (Å²) in [7, 11) is 4.56.